The van der Waals surface area contributed by atoms with Crippen LogP contribution in [0.2, 0.25) is 10.0 Å². The SMILES string of the molecule is Cn1cc(CNC(=O)c2cc(NC(=O)c3cc(-c4ncccc4F)c(Cl)cc3Cl)n(-c3ccccc3)n2)nn1. The van der Waals surface area contributed by atoms with Crippen LogP contribution in [0.4, 0.5) is 10.2 Å². The molecule has 3 aromatic heterocycles. The fourth-order valence-corrected chi connectivity index (χ4v) is 4.32. The lowest BCUT2D eigenvalue weighted by atomic mass is 10.1. The predicted octanol–water partition coefficient (Wildman–Crippen LogP) is 4.69. The Hall–Kier alpha value is -4.61. The summed E-state index contributed by atoms with van der Waals surface area (Å²) < 4.78 is 17.4. The number of halogens is 3. The van der Waals surface area contributed by atoms with E-state index in [0.29, 0.717) is 11.4 Å². The van der Waals surface area contributed by atoms with Crippen molar-refractivity contribution in [3.63, 3.8) is 0 Å². The van der Waals surface area contributed by atoms with E-state index in [0.717, 1.165) is 0 Å². The Bertz CT molecular complexity index is 1690. The van der Waals surface area contributed by atoms with Gasteiger partial charge in [-0.25, -0.2) is 9.07 Å². The van der Waals surface area contributed by atoms with Crippen molar-refractivity contribution < 1.29 is 14.0 Å². The summed E-state index contributed by atoms with van der Waals surface area (Å²) >= 11 is 12.6. The van der Waals surface area contributed by atoms with Gasteiger partial charge in [0, 0.05) is 31.1 Å². The fraction of sp³-hybridized carbons (Fsp3) is 0.0769. The molecule has 0 aliphatic heterocycles. The Morgan fingerprint density at radius 2 is 1.79 bits per heavy atom. The molecule has 0 unspecified atom stereocenters. The molecule has 3 heterocycles. The molecule has 196 valence electrons. The number of nitrogens with zero attached hydrogens (tertiary/aromatic N) is 6. The highest BCUT2D eigenvalue weighted by Crippen LogP contribution is 2.33. The van der Waals surface area contributed by atoms with Crippen molar-refractivity contribution in [3.8, 4) is 16.9 Å². The molecule has 13 heteroatoms. The van der Waals surface area contributed by atoms with Crippen LogP contribution in [-0.2, 0) is 13.6 Å². The van der Waals surface area contributed by atoms with Gasteiger partial charge in [-0.15, -0.1) is 5.10 Å². The lowest BCUT2D eigenvalue weighted by Gasteiger charge is -2.12. The molecule has 2 aromatic carbocycles. The number of rotatable bonds is 7. The largest absolute Gasteiger partial charge is 0.345 e. The first-order valence-electron chi connectivity index (χ1n) is 11.5. The molecule has 0 aliphatic carbocycles. The van der Waals surface area contributed by atoms with Gasteiger partial charge in [0.15, 0.2) is 5.69 Å². The van der Waals surface area contributed by atoms with Gasteiger partial charge in [0.25, 0.3) is 11.8 Å². The molecular weight excluding hydrogens is 546 g/mol. The second kappa shape index (κ2) is 11.0. The third-order valence-corrected chi connectivity index (χ3v) is 6.20. The average molecular weight is 565 g/mol. The third-order valence-electron chi connectivity index (χ3n) is 5.58. The Balaban J connectivity index is 1.46. The van der Waals surface area contributed by atoms with Gasteiger partial charge in [-0.05, 0) is 36.4 Å². The monoisotopic (exact) mass is 564 g/mol. The number of benzene rings is 2. The minimum Gasteiger partial charge on any atom is -0.345 e. The highest BCUT2D eigenvalue weighted by Gasteiger charge is 2.21. The summed E-state index contributed by atoms with van der Waals surface area (Å²) in [6, 6.07) is 15.8. The van der Waals surface area contributed by atoms with E-state index in [2.05, 4.69) is 31.0 Å². The number of hydrogen-bond donors (Lipinski definition) is 2. The number of aromatic nitrogens is 6. The standard InChI is InChI=1S/C26H19Cl2FN8O2/c1-36-14-15(33-35-36)13-31-26(39)22-12-23(37(34-22)16-6-3-2-4-7-16)32-25(38)18-10-17(19(27)11-20(18)28)24-21(29)8-5-9-30-24/h2-12,14H,13H2,1H3,(H,31,39)(H,32,38). The molecule has 0 saturated carbocycles. The summed E-state index contributed by atoms with van der Waals surface area (Å²) in [5.74, 6) is -1.51. The summed E-state index contributed by atoms with van der Waals surface area (Å²) in [4.78, 5) is 30.3. The van der Waals surface area contributed by atoms with E-state index in [-0.39, 0.29) is 44.9 Å². The number of carbonyl (C=O) groups is 2. The van der Waals surface area contributed by atoms with E-state index < -0.39 is 17.6 Å². The van der Waals surface area contributed by atoms with Gasteiger partial charge in [0.2, 0.25) is 0 Å². The van der Waals surface area contributed by atoms with Gasteiger partial charge in [-0.1, -0.05) is 46.6 Å². The molecule has 2 N–H and O–H groups in total. The van der Waals surface area contributed by atoms with Crippen LogP contribution in [0.15, 0.2) is 73.1 Å². The molecule has 0 aliphatic rings. The van der Waals surface area contributed by atoms with Gasteiger partial charge < -0.3 is 10.6 Å². The highest BCUT2D eigenvalue weighted by atomic mass is 35.5. The average Bonchev–Trinajstić information content (AvgIpc) is 3.54. The van der Waals surface area contributed by atoms with Crippen LogP contribution < -0.4 is 10.6 Å². The normalized spacial score (nSPS) is 10.9. The number of hydrogen-bond acceptors (Lipinski definition) is 6. The van der Waals surface area contributed by atoms with E-state index in [9.17, 15) is 14.0 Å². The molecule has 0 fully saturated rings. The van der Waals surface area contributed by atoms with E-state index in [1.807, 2.05) is 6.07 Å². The molecule has 5 aromatic rings. The van der Waals surface area contributed by atoms with Crippen LogP contribution in [0, 0.1) is 5.82 Å². The Kier molecular flexibility index (Phi) is 7.35. The van der Waals surface area contributed by atoms with Gasteiger partial charge in [-0.3, -0.25) is 19.3 Å². The van der Waals surface area contributed by atoms with E-state index in [1.165, 1.54) is 45.9 Å². The van der Waals surface area contributed by atoms with Crippen LogP contribution >= 0.6 is 23.2 Å². The maximum absolute atomic E-state index is 14.4. The summed E-state index contributed by atoms with van der Waals surface area (Å²) in [6.45, 7) is 0.139. The van der Waals surface area contributed by atoms with Gasteiger partial charge in [0.05, 0.1) is 27.8 Å². The Labute approximate surface area is 231 Å². The van der Waals surface area contributed by atoms with Gasteiger partial charge in [-0.2, -0.15) is 5.10 Å². The van der Waals surface area contributed by atoms with Crippen LogP contribution in [-0.4, -0.2) is 41.6 Å². The first-order valence-corrected chi connectivity index (χ1v) is 12.3. The summed E-state index contributed by atoms with van der Waals surface area (Å²) in [6.07, 6.45) is 3.09. The number of carbonyl (C=O) groups excluding carboxylic acids is 2. The molecule has 0 radical (unpaired) electrons. The quantitative estimate of drug-likeness (QED) is 0.296. The van der Waals surface area contributed by atoms with E-state index in [4.69, 9.17) is 23.2 Å². The van der Waals surface area contributed by atoms with Crippen molar-refractivity contribution in [2.75, 3.05) is 5.32 Å². The zero-order valence-corrected chi connectivity index (χ0v) is 21.8. The number of aryl methyl sites for hydroxylation is 1. The minimum absolute atomic E-state index is 0.0235. The first-order chi connectivity index (χ1) is 18.8. The minimum atomic E-state index is -0.627. The third kappa shape index (κ3) is 5.64. The van der Waals surface area contributed by atoms with Crippen molar-refractivity contribution in [2.24, 2.45) is 7.05 Å². The lowest BCUT2D eigenvalue weighted by molar-refractivity contribution is 0.0944. The van der Waals surface area contributed by atoms with Crippen LogP contribution in [0.25, 0.3) is 16.9 Å². The molecular formula is C26H19Cl2FN8O2. The molecule has 0 spiro atoms. The molecule has 0 atom stereocenters. The number of anilines is 1. The predicted molar refractivity (Wildman–Crippen MR) is 143 cm³/mol. The Morgan fingerprint density at radius 3 is 2.51 bits per heavy atom. The lowest BCUT2D eigenvalue weighted by Crippen LogP contribution is -2.23. The highest BCUT2D eigenvalue weighted by molar-refractivity contribution is 6.38. The molecule has 10 nitrogen and oxygen atoms in total. The van der Waals surface area contributed by atoms with Gasteiger partial charge >= 0.3 is 0 Å². The maximum atomic E-state index is 14.4. The zero-order valence-electron chi connectivity index (χ0n) is 20.3. The summed E-state index contributed by atoms with van der Waals surface area (Å²) in [7, 11) is 1.72. The number of para-hydroxylation sites is 1. The van der Waals surface area contributed by atoms with E-state index in [1.54, 1.807) is 37.5 Å². The van der Waals surface area contributed by atoms with Crippen LogP contribution in [0.1, 0.15) is 26.5 Å². The molecule has 2 amide bonds. The van der Waals surface area contributed by atoms with Crippen molar-refractivity contribution >= 4 is 40.8 Å². The Morgan fingerprint density at radius 1 is 1.00 bits per heavy atom. The first kappa shape index (κ1) is 26.0. The number of amides is 2. The molecule has 0 saturated heterocycles. The van der Waals surface area contributed by atoms with Gasteiger partial charge in [0.1, 0.15) is 23.0 Å². The van der Waals surface area contributed by atoms with Crippen molar-refractivity contribution in [3.05, 3.63) is 106 Å². The molecule has 0 bridgehead atoms. The number of nitrogens with one attached hydrogen (secondary N) is 2. The summed E-state index contributed by atoms with van der Waals surface area (Å²) in [5, 5.41) is 17.8. The van der Waals surface area contributed by atoms with Crippen molar-refractivity contribution in [1.29, 1.82) is 0 Å². The van der Waals surface area contributed by atoms with Crippen molar-refractivity contribution in [1.82, 2.24) is 35.1 Å². The second-order valence-corrected chi connectivity index (χ2v) is 9.14. The second-order valence-electron chi connectivity index (χ2n) is 8.33. The maximum Gasteiger partial charge on any atom is 0.272 e. The van der Waals surface area contributed by atoms with Crippen molar-refractivity contribution in [2.45, 2.75) is 6.54 Å². The topological polar surface area (TPSA) is 120 Å². The van der Waals surface area contributed by atoms with E-state index >= 15 is 0 Å². The molecule has 39 heavy (non-hydrogen) atoms. The van der Waals surface area contributed by atoms with Crippen LogP contribution in [0.3, 0.4) is 0 Å². The fourth-order valence-electron chi connectivity index (χ4n) is 3.76. The summed E-state index contributed by atoms with van der Waals surface area (Å²) in [5.41, 5.74) is 1.42. The smallest absolute Gasteiger partial charge is 0.272 e. The number of pyridine rings is 1. The molecule has 5 rings (SSSR count). The zero-order chi connectivity index (χ0) is 27.5. The van der Waals surface area contributed by atoms with Crippen LogP contribution in [0.5, 0.6) is 0 Å².